The van der Waals surface area contributed by atoms with Gasteiger partial charge in [-0.25, -0.2) is 4.39 Å². The quantitative estimate of drug-likeness (QED) is 0.889. The largest absolute Gasteiger partial charge is 0.494 e. The van der Waals surface area contributed by atoms with E-state index in [0.717, 1.165) is 11.3 Å². The van der Waals surface area contributed by atoms with Crippen LogP contribution in [0.15, 0.2) is 42.5 Å². The molecule has 0 spiro atoms. The molecule has 0 unspecified atom stereocenters. The summed E-state index contributed by atoms with van der Waals surface area (Å²) in [6.45, 7) is 2.52. The zero-order chi connectivity index (χ0) is 15.9. The Morgan fingerprint density at radius 3 is 2.55 bits per heavy atom. The van der Waals surface area contributed by atoms with E-state index in [1.54, 1.807) is 0 Å². The van der Waals surface area contributed by atoms with E-state index in [9.17, 15) is 9.18 Å². The smallest absolute Gasteiger partial charge is 0.228 e. The molecule has 0 atom stereocenters. The lowest BCUT2D eigenvalue weighted by molar-refractivity contribution is -0.115. The van der Waals surface area contributed by atoms with Crippen LogP contribution in [0, 0.1) is 5.82 Å². The van der Waals surface area contributed by atoms with Gasteiger partial charge < -0.3 is 14.8 Å². The van der Waals surface area contributed by atoms with Crippen LogP contribution >= 0.6 is 0 Å². The van der Waals surface area contributed by atoms with Crippen molar-refractivity contribution in [2.45, 2.75) is 13.3 Å². The van der Waals surface area contributed by atoms with Gasteiger partial charge in [-0.3, -0.25) is 4.79 Å². The topological polar surface area (TPSA) is 47.6 Å². The third-order valence-electron chi connectivity index (χ3n) is 3.04. The standard InChI is InChI=1S/C17H18FNO3/c1-3-22-14-7-4-12(5-8-14)10-17(20)19-15-9-6-13(18)11-16(15)21-2/h4-9,11H,3,10H2,1-2H3,(H,19,20). The fourth-order valence-electron chi connectivity index (χ4n) is 2.02. The lowest BCUT2D eigenvalue weighted by Gasteiger charge is -2.10. The van der Waals surface area contributed by atoms with Crippen LogP contribution in [0.5, 0.6) is 11.5 Å². The highest BCUT2D eigenvalue weighted by Crippen LogP contribution is 2.25. The Balaban J connectivity index is 2.01. The van der Waals surface area contributed by atoms with Gasteiger partial charge in [0.25, 0.3) is 0 Å². The van der Waals surface area contributed by atoms with E-state index in [1.807, 2.05) is 31.2 Å². The highest BCUT2D eigenvalue weighted by molar-refractivity contribution is 5.93. The number of hydrogen-bond acceptors (Lipinski definition) is 3. The highest BCUT2D eigenvalue weighted by atomic mass is 19.1. The average molecular weight is 303 g/mol. The van der Waals surface area contributed by atoms with Crippen LogP contribution in [0.1, 0.15) is 12.5 Å². The molecular formula is C17H18FNO3. The maximum absolute atomic E-state index is 13.1. The Morgan fingerprint density at radius 2 is 1.91 bits per heavy atom. The van der Waals surface area contributed by atoms with Crippen molar-refractivity contribution >= 4 is 11.6 Å². The lowest BCUT2D eigenvalue weighted by atomic mass is 10.1. The van der Waals surface area contributed by atoms with Gasteiger partial charge in [0, 0.05) is 6.07 Å². The number of rotatable bonds is 6. The van der Waals surface area contributed by atoms with E-state index >= 15 is 0 Å². The minimum Gasteiger partial charge on any atom is -0.494 e. The molecule has 0 saturated carbocycles. The number of carbonyl (C=O) groups is 1. The van der Waals surface area contributed by atoms with Crippen LogP contribution in [0.3, 0.4) is 0 Å². The second kappa shape index (κ2) is 7.45. The molecular weight excluding hydrogens is 285 g/mol. The first-order valence-electron chi connectivity index (χ1n) is 6.97. The predicted octanol–water partition coefficient (Wildman–Crippen LogP) is 3.41. The van der Waals surface area contributed by atoms with Crippen molar-refractivity contribution in [3.63, 3.8) is 0 Å². The van der Waals surface area contributed by atoms with E-state index < -0.39 is 5.82 Å². The normalized spacial score (nSPS) is 10.1. The number of benzene rings is 2. The van der Waals surface area contributed by atoms with Gasteiger partial charge in [0.1, 0.15) is 17.3 Å². The van der Waals surface area contributed by atoms with Crippen LogP contribution in [0.25, 0.3) is 0 Å². The molecule has 4 nitrogen and oxygen atoms in total. The van der Waals surface area contributed by atoms with Crippen molar-refractivity contribution in [3.8, 4) is 11.5 Å². The van der Waals surface area contributed by atoms with Crippen molar-refractivity contribution in [3.05, 3.63) is 53.8 Å². The van der Waals surface area contributed by atoms with Gasteiger partial charge in [0.05, 0.1) is 25.8 Å². The summed E-state index contributed by atoms with van der Waals surface area (Å²) in [5.74, 6) is 0.447. The number of ether oxygens (including phenoxy) is 2. The maximum Gasteiger partial charge on any atom is 0.228 e. The summed E-state index contributed by atoms with van der Waals surface area (Å²) in [5.41, 5.74) is 1.31. The Morgan fingerprint density at radius 1 is 1.18 bits per heavy atom. The van der Waals surface area contributed by atoms with Gasteiger partial charge >= 0.3 is 0 Å². The first-order chi connectivity index (χ1) is 10.6. The Kier molecular flexibility index (Phi) is 5.36. The van der Waals surface area contributed by atoms with Crippen molar-refractivity contribution in [2.75, 3.05) is 19.0 Å². The molecule has 5 heteroatoms. The van der Waals surface area contributed by atoms with Gasteiger partial charge in [-0.1, -0.05) is 12.1 Å². The van der Waals surface area contributed by atoms with E-state index in [2.05, 4.69) is 5.32 Å². The number of nitrogens with one attached hydrogen (secondary N) is 1. The molecule has 2 aromatic rings. The molecule has 0 saturated heterocycles. The molecule has 2 rings (SSSR count). The van der Waals surface area contributed by atoms with Gasteiger partial charge in [-0.15, -0.1) is 0 Å². The van der Waals surface area contributed by atoms with E-state index in [0.29, 0.717) is 18.0 Å². The molecule has 0 radical (unpaired) electrons. The number of carbonyl (C=O) groups excluding carboxylic acids is 1. The summed E-state index contributed by atoms with van der Waals surface area (Å²) in [5, 5.41) is 2.72. The molecule has 1 N–H and O–H groups in total. The Labute approximate surface area is 128 Å². The zero-order valence-corrected chi connectivity index (χ0v) is 12.6. The lowest BCUT2D eigenvalue weighted by Crippen LogP contribution is -2.15. The fourth-order valence-corrected chi connectivity index (χ4v) is 2.02. The Bertz CT molecular complexity index is 641. The SMILES string of the molecule is CCOc1ccc(CC(=O)Nc2ccc(F)cc2OC)cc1. The Hall–Kier alpha value is -2.56. The molecule has 22 heavy (non-hydrogen) atoms. The van der Waals surface area contributed by atoms with Crippen LogP contribution in [-0.2, 0) is 11.2 Å². The first-order valence-corrected chi connectivity index (χ1v) is 6.97. The molecule has 0 fully saturated rings. The van der Waals surface area contributed by atoms with E-state index in [4.69, 9.17) is 9.47 Å². The number of anilines is 1. The van der Waals surface area contributed by atoms with Crippen LogP contribution in [0.2, 0.25) is 0 Å². The summed E-state index contributed by atoms with van der Waals surface area (Å²) < 4.78 is 23.5. The second-order valence-corrected chi connectivity index (χ2v) is 4.65. The van der Waals surface area contributed by atoms with Gasteiger partial charge in [-0.05, 0) is 36.8 Å². The van der Waals surface area contributed by atoms with Gasteiger partial charge in [0.15, 0.2) is 0 Å². The number of halogens is 1. The molecule has 1 amide bonds. The average Bonchev–Trinajstić information content (AvgIpc) is 2.51. The van der Waals surface area contributed by atoms with Gasteiger partial charge in [0.2, 0.25) is 5.91 Å². The zero-order valence-electron chi connectivity index (χ0n) is 12.6. The number of methoxy groups -OCH3 is 1. The molecule has 0 aromatic heterocycles. The monoisotopic (exact) mass is 303 g/mol. The maximum atomic E-state index is 13.1. The van der Waals surface area contributed by atoms with Gasteiger partial charge in [-0.2, -0.15) is 0 Å². The molecule has 2 aromatic carbocycles. The van der Waals surface area contributed by atoms with Crippen molar-refractivity contribution in [1.29, 1.82) is 0 Å². The molecule has 0 aliphatic rings. The first kappa shape index (κ1) is 15.8. The summed E-state index contributed by atoms with van der Waals surface area (Å²) in [6.07, 6.45) is 0.215. The third-order valence-corrected chi connectivity index (χ3v) is 3.04. The van der Waals surface area contributed by atoms with E-state index in [-0.39, 0.29) is 12.3 Å². The van der Waals surface area contributed by atoms with Crippen molar-refractivity contribution in [1.82, 2.24) is 0 Å². The summed E-state index contributed by atoms with van der Waals surface area (Å²) in [4.78, 5) is 12.1. The highest BCUT2D eigenvalue weighted by Gasteiger charge is 2.09. The van der Waals surface area contributed by atoms with Crippen LogP contribution < -0.4 is 14.8 Å². The van der Waals surface area contributed by atoms with Crippen LogP contribution in [0.4, 0.5) is 10.1 Å². The fraction of sp³-hybridized carbons (Fsp3) is 0.235. The molecule has 116 valence electrons. The number of amides is 1. The predicted molar refractivity (Wildman–Crippen MR) is 82.9 cm³/mol. The molecule has 0 aliphatic heterocycles. The molecule has 0 bridgehead atoms. The van der Waals surface area contributed by atoms with Crippen molar-refractivity contribution in [2.24, 2.45) is 0 Å². The third kappa shape index (κ3) is 4.22. The van der Waals surface area contributed by atoms with Crippen LogP contribution in [-0.4, -0.2) is 19.6 Å². The summed E-state index contributed by atoms with van der Waals surface area (Å²) in [6, 6.07) is 11.3. The summed E-state index contributed by atoms with van der Waals surface area (Å²) in [7, 11) is 1.43. The minimum atomic E-state index is -0.415. The second-order valence-electron chi connectivity index (χ2n) is 4.65. The van der Waals surface area contributed by atoms with Crippen molar-refractivity contribution < 1.29 is 18.7 Å². The molecule has 0 heterocycles. The minimum absolute atomic E-state index is 0.200. The number of hydrogen-bond donors (Lipinski definition) is 1. The van der Waals surface area contributed by atoms with E-state index in [1.165, 1.54) is 25.3 Å². The summed E-state index contributed by atoms with van der Waals surface area (Å²) >= 11 is 0. The molecule has 0 aliphatic carbocycles.